The standard InChI is InChI=1S/C62H107NO10/c1-4-7-10-13-16-19-22-24-25-26-27-28-29-30-31-32-35-38-41-44-47-50-57(67)73-60-59(69)58(68)56(51-64)72-62(60)71-52-53(54(65)48-45-42-39-36-33-21-18-15-12-9-6-3)63-61(70)55(66)49-46-43-40-37-34-23-20-17-14-11-8-5-2/h8,11,14,16-17,19-20,23-25,34,37,45,48,53-56,58-60,62,64-66,68-69H,4-7,9-10,12-13,15,18,21-22,26-33,35-36,38-44,46-47,49-52H2,1-3H3,(H,63,70)/b11-8+,17-14+,19-16-,23-20-,25-24-,37-34-,48-45+. The molecule has 8 atom stereocenters. The highest BCUT2D eigenvalue weighted by Crippen LogP contribution is 2.26. The van der Waals surface area contributed by atoms with E-state index >= 15 is 0 Å². The van der Waals surface area contributed by atoms with Crippen LogP contribution in [0.3, 0.4) is 0 Å². The van der Waals surface area contributed by atoms with Crippen molar-refractivity contribution < 1.29 is 49.3 Å². The van der Waals surface area contributed by atoms with Gasteiger partial charge in [0.2, 0.25) is 5.91 Å². The van der Waals surface area contributed by atoms with E-state index in [0.717, 1.165) is 70.6 Å². The molecule has 6 N–H and O–H groups in total. The van der Waals surface area contributed by atoms with Crippen LogP contribution in [0.2, 0.25) is 0 Å². The quantitative estimate of drug-likeness (QED) is 0.0149. The number of hydrogen-bond acceptors (Lipinski definition) is 10. The predicted molar refractivity (Wildman–Crippen MR) is 301 cm³/mol. The Morgan fingerprint density at radius 1 is 0.562 bits per heavy atom. The van der Waals surface area contributed by atoms with Gasteiger partial charge in [-0.2, -0.15) is 0 Å². The lowest BCUT2D eigenvalue weighted by Crippen LogP contribution is -2.61. The predicted octanol–water partition coefficient (Wildman–Crippen LogP) is 13.4. The maximum Gasteiger partial charge on any atom is 0.306 e. The summed E-state index contributed by atoms with van der Waals surface area (Å²) in [5.74, 6) is -1.24. The third-order valence-corrected chi connectivity index (χ3v) is 13.4. The summed E-state index contributed by atoms with van der Waals surface area (Å²) >= 11 is 0. The fraction of sp³-hybridized carbons (Fsp3) is 0.742. The molecule has 0 aliphatic carbocycles. The summed E-state index contributed by atoms with van der Waals surface area (Å²) in [6.45, 7) is 5.57. The molecule has 1 fully saturated rings. The number of allylic oxidation sites excluding steroid dienone is 13. The number of carbonyl (C=O) groups is 2. The van der Waals surface area contributed by atoms with Crippen molar-refractivity contribution in [1.29, 1.82) is 0 Å². The molecule has 73 heavy (non-hydrogen) atoms. The lowest BCUT2D eigenvalue weighted by atomic mass is 9.99. The van der Waals surface area contributed by atoms with Crippen molar-refractivity contribution in [2.45, 2.75) is 282 Å². The van der Waals surface area contributed by atoms with Crippen LogP contribution in [0.4, 0.5) is 0 Å². The molecule has 11 heteroatoms. The third kappa shape index (κ3) is 38.1. The topological polar surface area (TPSA) is 175 Å². The average Bonchev–Trinajstić information content (AvgIpc) is 3.39. The van der Waals surface area contributed by atoms with Crippen molar-refractivity contribution in [1.82, 2.24) is 5.32 Å². The monoisotopic (exact) mass is 1030 g/mol. The first-order chi connectivity index (χ1) is 35.7. The van der Waals surface area contributed by atoms with E-state index in [2.05, 4.69) is 56.5 Å². The molecular formula is C62H107NO10. The summed E-state index contributed by atoms with van der Waals surface area (Å²) in [5.41, 5.74) is 0. The van der Waals surface area contributed by atoms with Crippen molar-refractivity contribution >= 4 is 11.9 Å². The zero-order valence-corrected chi connectivity index (χ0v) is 46.2. The Balaban J connectivity index is 2.67. The Morgan fingerprint density at radius 2 is 1.04 bits per heavy atom. The lowest BCUT2D eigenvalue weighted by Gasteiger charge is -2.41. The average molecular weight is 1030 g/mol. The van der Waals surface area contributed by atoms with Crippen molar-refractivity contribution in [3.05, 3.63) is 85.1 Å². The van der Waals surface area contributed by atoms with Gasteiger partial charge >= 0.3 is 5.97 Å². The third-order valence-electron chi connectivity index (χ3n) is 13.4. The Hall–Kier alpha value is -3.16. The van der Waals surface area contributed by atoms with Gasteiger partial charge < -0.3 is 45.1 Å². The number of unbranched alkanes of at least 4 members (excludes halogenated alkanes) is 25. The minimum atomic E-state index is -1.62. The second kappa shape index (κ2) is 49.7. The normalized spacial score (nSPS) is 20.0. The first-order valence-electron chi connectivity index (χ1n) is 29.4. The van der Waals surface area contributed by atoms with Gasteiger partial charge in [-0.05, 0) is 77.0 Å². The van der Waals surface area contributed by atoms with Crippen molar-refractivity contribution in [3.63, 3.8) is 0 Å². The van der Waals surface area contributed by atoms with E-state index in [9.17, 15) is 35.1 Å². The maximum atomic E-state index is 13.3. The Morgan fingerprint density at radius 3 is 1.62 bits per heavy atom. The van der Waals surface area contributed by atoms with Gasteiger partial charge in [0.25, 0.3) is 0 Å². The first-order valence-corrected chi connectivity index (χ1v) is 29.4. The number of aliphatic hydroxyl groups excluding tert-OH is 5. The van der Waals surface area contributed by atoms with Crippen LogP contribution in [-0.2, 0) is 23.8 Å². The van der Waals surface area contributed by atoms with Crippen LogP contribution in [0.5, 0.6) is 0 Å². The van der Waals surface area contributed by atoms with Crippen LogP contribution >= 0.6 is 0 Å². The number of rotatable bonds is 48. The number of aliphatic hydroxyl groups is 5. The molecule has 0 aromatic heterocycles. The van der Waals surface area contributed by atoms with E-state index < -0.39 is 67.4 Å². The van der Waals surface area contributed by atoms with Gasteiger partial charge in [0.05, 0.1) is 25.4 Å². The molecule has 1 heterocycles. The van der Waals surface area contributed by atoms with Crippen LogP contribution < -0.4 is 5.32 Å². The molecule has 0 aromatic carbocycles. The number of esters is 1. The summed E-state index contributed by atoms with van der Waals surface area (Å²) in [7, 11) is 0. The fourth-order valence-electron chi connectivity index (χ4n) is 8.69. The number of hydrogen-bond donors (Lipinski definition) is 6. The van der Waals surface area contributed by atoms with E-state index in [1.165, 1.54) is 116 Å². The Bertz CT molecular complexity index is 1510. The molecule has 0 bridgehead atoms. The molecule has 0 radical (unpaired) electrons. The highest BCUT2D eigenvalue weighted by atomic mass is 16.7. The number of amides is 1. The van der Waals surface area contributed by atoms with E-state index in [1.54, 1.807) is 6.08 Å². The van der Waals surface area contributed by atoms with Crippen molar-refractivity contribution in [3.8, 4) is 0 Å². The van der Waals surface area contributed by atoms with Gasteiger partial charge in [0, 0.05) is 6.42 Å². The number of carbonyl (C=O) groups excluding carboxylic acids is 2. The lowest BCUT2D eigenvalue weighted by molar-refractivity contribution is -0.305. The van der Waals surface area contributed by atoms with E-state index in [-0.39, 0.29) is 19.4 Å². The SMILES string of the molecule is CC/C=C/C=C/C=C\C=C/CCCCC(O)C(=O)NC(COC1OC(CO)C(O)C(O)C1OC(=O)CCCCCCCCCCCCC/C=C\C/C=C\CCCCC)C(O)/C=C/CCCCCCCCCCC. The van der Waals surface area contributed by atoms with Gasteiger partial charge in [-0.25, -0.2) is 0 Å². The van der Waals surface area contributed by atoms with Gasteiger partial charge in [-0.1, -0.05) is 234 Å². The highest BCUT2D eigenvalue weighted by molar-refractivity contribution is 5.80. The molecule has 0 aromatic rings. The van der Waals surface area contributed by atoms with Crippen LogP contribution in [0.15, 0.2) is 85.1 Å². The van der Waals surface area contributed by atoms with Gasteiger partial charge in [0.1, 0.15) is 24.4 Å². The van der Waals surface area contributed by atoms with Crippen molar-refractivity contribution in [2.24, 2.45) is 0 Å². The minimum Gasteiger partial charge on any atom is -0.454 e. The summed E-state index contributed by atoms with van der Waals surface area (Å²) in [4.78, 5) is 26.4. The van der Waals surface area contributed by atoms with Crippen molar-refractivity contribution in [2.75, 3.05) is 13.2 Å². The summed E-state index contributed by atoms with van der Waals surface area (Å²) < 4.78 is 17.6. The fourth-order valence-corrected chi connectivity index (χ4v) is 8.69. The van der Waals surface area contributed by atoms with Gasteiger partial charge in [-0.3, -0.25) is 9.59 Å². The van der Waals surface area contributed by atoms with Crippen LogP contribution in [-0.4, -0.2) is 99.6 Å². The van der Waals surface area contributed by atoms with E-state index in [1.807, 2.05) is 48.6 Å². The number of nitrogens with one attached hydrogen (secondary N) is 1. The molecule has 0 saturated carbocycles. The molecule has 8 unspecified atom stereocenters. The van der Waals surface area contributed by atoms with Crippen LogP contribution in [0.1, 0.15) is 233 Å². The molecule has 0 spiro atoms. The Kier molecular flexibility index (Phi) is 46.2. The molecule has 1 rings (SSSR count). The second-order valence-corrected chi connectivity index (χ2v) is 20.1. The van der Waals surface area contributed by atoms with Crippen LogP contribution in [0.25, 0.3) is 0 Å². The molecular weight excluding hydrogens is 919 g/mol. The highest BCUT2D eigenvalue weighted by Gasteiger charge is 2.47. The van der Waals surface area contributed by atoms with E-state index in [4.69, 9.17) is 14.2 Å². The van der Waals surface area contributed by atoms with Gasteiger partial charge in [0.15, 0.2) is 12.4 Å². The molecule has 1 saturated heterocycles. The zero-order valence-electron chi connectivity index (χ0n) is 46.2. The molecule has 1 aliphatic heterocycles. The Labute approximate surface area is 444 Å². The summed E-state index contributed by atoms with van der Waals surface area (Å²) in [6.07, 6.45) is 53.5. The van der Waals surface area contributed by atoms with Gasteiger partial charge in [-0.15, -0.1) is 0 Å². The molecule has 1 amide bonds. The van der Waals surface area contributed by atoms with Crippen LogP contribution in [0, 0.1) is 0 Å². The first kappa shape index (κ1) is 67.9. The zero-order chi connectivity index (χ0) is 53.3. The van der Waals surface area contributed by atoms with E-state index in [0.29, 0.717) is 12.8 Å². The molecule has 11 nitrogen and oxygen atoms in total. The summed E-state index contributed by atoms with van der Waals surface area (Å²) in [5, 5.41) is 56.7. The largest absolute Gasteiger partial charge is 0.454 e. The summed E-state index contributed by atoms with van der Waals surface area (Å²) in [6, 6.07) is -1.05. The maximum absolute atomic E-state index is 13.3. The molecule has 1 aliphatic rings. The minimum absolute atomic E-state index is 0.113. The molecule has 420 valence electrons. The second-order valence-electron chi connectivity index (χ2n) is 20.1. The smallest absolute Gasteiger partial charge is 0.306 e. The number of ether oxygens (including phenoxy) is 3.